The normalized spacial score (nSPS) is 11.5. The molecule has 124 valence electrons. The maximum atomic E-state index is 13.3. The van der Waals surface area contributed by atoms with Crippen LogP contribution in [0.2, 0.25) is 0 Å². The van der Waals surface area contributed by atoms with E-state index in [1.54, 1.807) is 30.3 Å². The van der Waals surface area contributed by atoms with Gasteiger partial charge in [-0.3, -0.25) is 0 Å². The smallest absolute Gasteiger partial charge is 0.418 e. The topological polar surface area (TPSA) is 31.2 Å². The highest BCUT2D eigenvalue weighted by Crippen LogP contribution is 2.36. The second-order valence-electron chi connectivity index (χ2n) is 5.20. The molecule has 0 bridgehead atoms. The summed E-state index contributed by atoms with van der Waals surface area (Å²) in [5.41, 5.74) is -0.620. The van der Waals surface area contributed by atoms with E-state index in [1.165, 1.54) is 11.5 Å². The monoisotopic (exact) mass is 325 g/mol. The van der Waals surface area contributed by atoms with Gasteiger partial charge in [-0.25, -0.2) is 4.79 Å². The van der Waals surface area contributed by atoms with E-state index in [2.05, 4.69) is 0 Å². The van der Waals surface area contributed by atoms with Crippen molar-refractivity contribution in [1.82, 2.24) is 4.57 Å². The first-order valence-electron chi connectivity index (χ1n) is 7.38. The Bertz CT molecular complexity index is 675. The minimum atomic E-state index is -4.62. The molecule has 2 aromatic rings. The quantitative estimate of drug-likeness (QED) is 0.586. The minimum Gasteiger partial charge on any atom is -0.462 e. The summed E-state index contributed by atoms with van der Waals surface area (Å²) in [6, 6.07) is 8.58. The number of hydrogen-bond acceptors (Lipinski definition) is 2. The number of nitrogens with zero attached hydrogens (tertiary/aromatic N) is 1. The van der Waals surface area contributed by atoms with Crippen molar-refractivity contribution in [2.75, 3.05) is 6.61 Å². The predicted octanol–water partition coefficient (Wildman–Crippen LogP) is 4.76. The Balaban J connectivity index is 2.47. The number of unbranched alkanes of at least 4 members (excludes halogenated alkanes) is 1. The lowest BCUT2D eigenvalue weighted by Crippen LogP contribution is -2.14. The van der Waals surface area contributed by atoms with Crippen molar-refractivity contribution < 1.29 is 22.7 Å². The van der Waals surface area contributed by atoms with Crippen molar-refractivity contribution in [2.24, 2.45) is 0 Å². The zero-order valence-corrected chi connectivity index (χ0v) is 13.0. The number of carbonyl (C=O) groups excluding carboxylic acids is 1. The molecule has 0 amide bonds. The van der Waals surface area contributed by atoms with Crippen LogP contribution in [0.25, 0.3) is 5.69 Å². The van der Waals surface area contributed by atoms with Gasteiger partial charge in [0.1, 0.15) is 0 Å². The van der Waals surface area contributed by atoms with Crippen molar-refractivity contribution in [3.8, 4) is 5.69 Å². The molecular formula is C17H18F3NO2. The van der Waals surface area contributed by atoms with Crippen LogP contribution in [-0.4, -0.2) is 17.1 Å². The van der Waals surface area contributed by atoms with Crippen molar-refractivity contribution in [3.63, 3.8) is 0 Å². The Morgan fingerprint density at radius 2 is 1.87 bits per heavy atom. The molecule has 0 radical (unpaired) electrons. The van der Waals surface area contributed by atoms with Gasteiger partial charge in [-0.15, -0.1) is 0 Å². The second kappa shape index (κ2) is 6.89. The Morgan fingerprint density at radius 3 is 2.43 bits per heavy atom. The summed E-state index contributed by atoms with van der Waals surface area (Å²) < 4.78 is 46.2. The third kappa shape index (κ3) is 3.75. The molecule has 0 aliphatic rings. The van der Waals surface area contributed by atoms with Gasteiger partial charge < -0.3 is 9.30 Å². The van der Waals surface area contributed by atoms with E-state index in [0.717, 1.165) is 12.6 Å². The SMILES string of the molecule is CCCCOC(=O)c1c(C(F)(F)F)cn(-c2ccccc2)c1C. The molecular weight excluding hydrogens is 307 g/mol. The average molecular weight is 325 g/mol. The van der Waals surface area contributed by atoms with E-state index in [-0.39, 0.29) is 12.3 Å². The molecule has 0 N–H and O–H groups in total. The largest absolute Gasteiger partial charge is 0.462 e. The fourth-order valence-electron chi connectivity index (χ4n) is 2.32. The molecule has 23 heavy (non-hydrogen) atoms. The summed E-state index contributed by atoms with van der Waals surface area (Å²) in [6.07, 6.45) is -2.26. The number of aromatic nitrogens is 1. The number of ether oxygens (including phenoxy) is 1. The number of rotatable bonds is 5. The number of alkyl halides is 3. The highest BCUT2D eigenvalue weighted by atomic mass is 19.4. The number of hydrogen-bond donors (Lipinski definition) is 0. The van der Waals surface area contributed by atoms with E-state index >= 15 is 0 Å². The summed E-state index contributed by atoms with van der Waals surface area (Å²) in [4.78, 5) is 12.1. The lowest BCUT2D eigenvalue weighted by Gasteiger charge is -2.09. The molecule has 0 atom stereocenters. The summed E-state index contributed by atoms with van der Waals surface area (Å²) in [6.45, 7) is 3.51. The molecule has 1 heterocycles. The van der Waals surface area contributed by atoms with Gasteiger partial charge in [0, 0.05) is 17.6 Å². The van der Waals surface area contributed by atoms with Crippen molar-refractivity contribution in [3.05, 3.63) is 53.3 Å². The van der Waals surface area contributed by atoms with Gasteiger partial charge in [-0.1, -0.05) is 31.5 Å². The van der Waals surface area contributed by atoms with E-state index in [0.29, 0.717) is 12.1 Å². The molecule has 0 spiro atoms. The van der Waals surface area contributed by atoms with Gasteiger partial charge in [0.15, 0.2) is 0 Å². The van der Waals surface area contributed by atoms with E-state index < -0.39 is 23.3 Å². The highest BCUT2D eigenvalue weighted by Gasteiger charge is 2.39. The van der Waals surface area contributed by atoms with Gasteiger partial charge >= 0.3 is 12.1 Å². The van der Waals surface area contributed by atoms with Crippen LogP contribution in [0.15, 0.2) is 36.5 Å². The number of halogens is 3. The maximum absolute atomic E-state index is 13.3. The summed E-state index contributed by atoms with van der Waals surface area (Å²) in [7, 11) is 0. The molecule has 0 aliphatic heterocycles. The molecule has 6 heteroatoms. The summed E-state index contributed by atoms with van der Waals surface area (Å²) in [5.74, 6) is -0.932. The van der Waals surface area contributed by atoms with Gasteiger partial charge in [-0.05, 0) is 25.5 Å². The van der Waals surface area contributed by atoms with Crippen molar-refractivity contribution >= 4 is 5.97 Å². The lowest BCUT2D eigenvalue weighted by molar-refractivity contribution is -0.138. The zero-order chi connectivity index (χ0) is 17.0. The number of esters is 1. The first kappa shape index (κ1) is 17.1. The molecule has 0 aliphatic carbocycles. The number of benzene rings is 1. The van der Waals surface area contributed by atoms with Gasteiger partial charge in [0.25, 0.3) is 0 Å². The second-order valence-corrected chi connectivity index (χ2v) is 5.20. The van der Waals surface area contributed by atoms with Crippen LogP contribution in [0.3, 0.4) is 0 Å². The van der Waals surface area contributed by atoms with Crippen LogP contribution in [-0.2, 0) is 10.9 Å². The van der Waals surface area contributed by atoms with Crippen molar-refractivity contribution in [1.29, 1.82) is 0 Å². The molecule has 0 saturated carbocycles. The molecule has 0 fully saturated rings. The summed E-state index contributed by atoms with van der Waals surface area (Å²) in [5, 5.41) is 0. The first-order chi connectivity index (χ1) is 10.9. The highest BCUT2D eigenvalue weighted by molar-refractivity contribution is 5.93. The van der Waals surface area contributed by atoms with E-state index in [9.17, 15) is 18.0 Å². The van der Waals surface area contributed by atoms with Crippen LogP contribution < -0.4 is 0 Å². The van der Waals surface area contributed by atoms with Gasteiger partial charge in [-0.2, -0.15) is 13.2 Å². The van der Waals surface area contributed by atoms with Crippen LogP contribution in [0, 0.1) is 6.92 Å². The minimum absolute atomic E-state index is 0.114. The Morgan fingerprint density at radius 1 is 1.22 bits per heavy atom. The van der Waals surface area contributed by atoms with Crippen molar-refractivity contribution in [2.45, 2.75) is 32.9 Å². The Hall–Kier alpha value is -2.24. The van der Waals surface area contributed by atoms with Crippen LogP contribution in [0.4, 0.5) is 13.2 Å². The van der Waals surface area contributed by atoms with E-state index in [1.807, 2.05) is 6.92 Å². The Kier molecular flexibility index (Phi) is 5.13. The van der Waals surface area contributed by atoms with Crippen LogP contribution in [0.5, 0.6) is 0 Å². The van der Waals surface area contributed by atoms with E-state index in [4.69, 9.17) is 4.74 Å². The van der Waals surface area contributed by atoms with Crippen LogP contribution >= 0.6 is 0 Å². The predicted molar refractivity (Wildman–Crippen MR) is 80.7 cm³/mol. The fourth-order valence-corrected chi connectivity index (χ4v) is 2.32. The van der Waals surface area contributed by atoms with Gasteiger partial charge in [0.05, 0.1) is 17.7 Å². The first-order valence-corrected chi connectivity index (χ1v) is 7.38. The number of carbonyl (C=O) groups is 1. The summed E-state index contributed by atoms with van der Waals surface area (Å²) >= 11 is 0. The molecule has 3 nitrogen and oxygen atoms in total. The fraction of sp³-hybridized carbons (Fsp3) is 0.353. The molecule has 1 aromatic heterocycles. The average Bonchev–Trinajstić information content (AvgIpc) is 2.86. The standard InChI is InChI=1S/C17H18F3NO2/c1-3-4-10-23-16(22)15-12(2)21(11-14(15)17(18,19)20)13-8-6-5-7-9-13/h5-9,11H,3-4,10H2,1-2H3. The number of para-hydroxylation sites is 1. The Labute approximate surface area is 132 Å². The third-order valence-electron chi connectivity index (χ3n) is 3.53. The molecule has 0 unspecified atom stereocenters. The molecule has 1 aromatic carbocycles. The maximum Gasteiger partial charge on any atom is 0.418 e. The molecule has 2 rings (SSSR count). The zero-order valence-electron chi connectivity index (χ0n) is 13.0. The van der Waals surface area contributed by atoms with Gasteiger partial charge in [0.2, 0.25) is 0 Å². The lowest BCUT2D eigenvalue weighted by atomic mass is 10.1. The molecule has 0 saturated heterocycles. The van der Waals surface area contributed by atoms with Crippen LogP contribution in [0.1, 0.15) is 41.4 Å². The third-order valence-corrected chi connectivity index (χ3v) is 3.53.